The number of aryl methyl sites for hydroxylation is 1. The van der Waals surface area contributed by atoms with Crippen molar-refractivity contribution in [1.82, 2.24) is 18.6 Å². The second-order valence-electron chi connectivity index (χ2n) is 8.26. The van der Waals surface area contributed by atoms with Crippen molar-refractivity contribution >= 4 is 21.9 Å². The highest BCUT2D eigenvalue weighted by Crippen LogP contribution is 2.37. The fourth-order valence-electron chi connectivity index (χ4n) is 3.95. The molecule has 8 nitrogen and oxygen atoms in total. The summed E-state index contributed by atoms with van der Waals surface area (Å²) >= 11 is 0. The fourth-order valence-corrected chi connectivity index (χ4v) is 5.22. The SMILES string of the molecule is Cc1nc(C2(C)CCCN(S(=O)(=O)N(C)C)C2)nc2c1CC(=O)N2C(C)C. The van der Waals surface area contributed by atoms with Crippen LogP contribution in [0.5, 0.6) is 0 Å². The van der Waals surface area contributed by atoms with Gasteiger partial charge in [-0.15, -0.1) is 0 Å². The smallest absolute Gasteiger partial charge is 0.281 e. The molecule has 1 atom stereocenters. The maximum absolute atomic E-state index is 12.6. The number of aromatic nitrogens is 2. The van der Waals surface area contributed by atoms with Gasteiger partial charge < -0.3 is 0 Å². The van der Waals surface area contributed by atoms with Crippen molar-refractivity contribution < 1.29 is 13.2 Å². The quantitative estimate of drug-likeness (QED) is 0.766. The first-order valence-electron chi connectivity index (χ1n) is 9.35. The summed E-state index contributed by atoms with van der Waals surface area (Å²) < 4.78 is 28.0. The molecular weight excluding hydrogens is 366 g/mol. The summed E-state index contributed by atoms with van der Waals surface area (Å²) in [6.07, 6.45) is 1.88. The summed E-state index contributed by atoms with van der Waals surface area (Å²) in [5, 5.41) is 0. The molecule has 1 unspecified atom stereocenters. The lowest BCUT2D eigenvalue weighted by atomic mass is 9.81. The van der Waals surface area contributed by atoms with E-state index in [1.165, 1.54) is 8.61 Å². The van der Waals surface area contributed by atoms with Crippen LogP contribution in [0.4, 0.5) is 5.82 Å². The van der Waals surface area contributed by atoms with Gasteiger partial charge in [-0.05, 0) is 33.6 Å². The molecule has 1 aromatic heterocycles. The van der Waals surface area contributed by atoms with Crippen molar-refractivity contribution in [1.29, 1.82) is 0 Å². The molecular formula is C18H29N5O3S. The van der Waals surface area contributed by atoms with Crippen molar-refractivity contribution in [2.75, 3.05) is 32.1 Å². The maximum Gasteiger partial charge on any atom is 0.281 e. The Hall–Kier alpha value is -1.58. The monoisotopic (exact) mass is 395 g/mol. The summed E-state index contributed by atoms with van der Waals surface area (Å²) in [7, 11) is -0.397. The highest BCUT2D eigenvalue weighted by atomic mass is 32.2. The van der Waals surface area contributed by atoms with E-state index in [1.807, 2.05) is 27.7 Å². The first-order chi connectivity index (χ1) is 12.5. The van der Waals surface area contributed by atoms with Gasteiger partial charge >= 0.3 is 0 Å². The number of anilines is 1. The number of fused-ring (bicyclic) bond motifs is 1. The minimum atomic E-state index is -3.49. The van der Waals surface area contributed by atoms with E-state index in [9.17, 15) is 13.2 Å². The van der Waals surface area contributed by atoms with Crippen LogP contribution < -0.4 is 4.90 Å². The van der Waals surface area contributed by atoms with Gasteiger partial charge in [0.25, 0.3) is 10.2 Å². The highest BCUT2D eigenvalue weighted by Gasteiger charge is 2.42. The molecule has 0 aromatic carbocycles. The van der Waals surface area contributed by atoms with E-state index in [2.05, 4.69) is 0 Å². The number of amides is 1. The van der Waals surface area contributed by atoms with Gasteiger partial charge in [-0.25, -0.2) is 9.97 Å². The van der Waals surface area contributed by atoms with Crippen LogP contribution in [0.15, 0.2) is 0 Å². The van der Waals surface area contributed by atoms with Gasteiger partial charge in [-0.2, -0.15) is 17.0 Å². The molecule has 150 valence electrons. The van der Waals surface area contributed by atoms with E-state index in [-0.39, 0.29) is 11.9 Å². The predicted molar refractivity (Wildman–Crippen MR) is 104 cm³/mol. The molecule has 0 saturated carbocycles. The van der Waals surface area contributed by atoms with Gasteiger partial charge in [-0.1, -0.05) is 6.92 Å². The molecule has 1 saturated heterocycles. The maximum atomic E-state index is 12.6. The van der Waals surface area contributed by atoms with E-state index in [4.69, 9.17) is 9.97 Å². The summed E-state index contributed by atoms with van der Waals surface area (Å²) in [6.45, 7) is 8.69. The summed E-state index contributed by atoms with van der Waals surface area (Å²) in [4.78, 5) is 23.6. The molecule has 0 bridgehead atoms. The Morgan fingerprint density at radius 1 is 1.22 bits per heavy atom. The average molecular weight is 396 g/mol. The zero-order valence-electron chi connectivity index (χ0n) is 17.0. The van der Waals surface area contributed by atoms with Crippen molar-refractivity contribution in [3.8, 4) is 0 Å². The van der Waals surface area contributed by atoms with Gasteiger partial charge in [0.05, 0.1) is 6.42 Å². The minimum absolute atomic E-state index is 0.0191. The molecule has 3 rings (SSSR count). The van der Waals surface area contributed by atoms with E-state index in [0.717, 1.165) is 24.1 Å². The van der Waals surface area contributed by atoms with Crippen molar-refractivity contribution in [2.24, 2.45) is 0 Å². The Balaban J connectivity index is 2.02. The molecule has 1 aromatic rings. The van der Waals surface area contributed by atoms with E-state index >= 15 is 0 Å². The second-order valence-corrected chi connectivity index (χ2v) is 10.4. The van der Waals surface area contributed by atoms with Crippen LogP contribution in [0.2, 0.25) is 0 Å². The standard InChI is InChI=1S/C18H29N5O3S/c1-12(2)23-15(24)10-14-13(3)19-17(20-16(14)23)18(4)8-7-9-22(11-18)27(25,26)21(5)6/h12H,7-11H2,1-6H3. The van der Waals surface area contributed by atoms with E-state index < -0.39 is 15.6 Å². The Morgan fingerprint density at radius 2 is 1.89 bits per heavy atom. The van der Waals surface area contributed by atoms with Gasteiger partial charge in [0.1, 0.15) is 11.6 Å². The lowest BCUT2D eigenvalue weighted by Gasteiger charge is -2.39. The minimum Gasteiger partial charge on any atom is -0.294 e. The molecule has 3 heterocycles. The number of nitrogens with zero attached hydrogens (tertiary/aromatic N) is 5. The first-order valence-corrected chi connectivity index (χ1v) is 10.7. The Labute approximate surface area is 161 Å². The largest absolute Gasteiger partial charge is 0.294 e. The first kappa shape index (κ1) is 20.2. The van der Waals surface area contributed by atoms with Crippen molar-refractivity contribution in [3.63, 3.8) is 0 Å². The molecule has 2 aliphatic rings. The zero-order chi connectivity index (χ0) is 20.1. The molecule has 0 spiro atoms. The third-order valence-electron chi connectivity index (χ3n) is 5.52. The van der Waals surface area contributed by atoms with E-state index in [0.29, 0.717) is 31.2 Å². The van der Waals surface area contributed by atoms with Crippen LogP contribution >= 0.6 is 0 Å². The van der Waals surface area contributed by atoms with Gasteiger partial charge in [0, 0.05) is 49.9 Å². The third kappa shape index (κ3) is 3.36. The number of hydrogen-bond acceptors (Lipinski definition) is 5. The van der Waals surface area contributed by atoms with E-state index in [1.54, 1.807) is 19.0 Å². The van der Waals surface area contributed by atoms with Crippen LogP contribution in [0.3, 0.4) is 0 Å². The van der Waals surface area contributed by atoms with Crippen molar-refractivity contribution in [3.05, 3.63) is 17.1 Å². The van der Waals surface area contributed by atoms with Gasteiger partial charge in [0.15, 0.2) is 0 Å². The number of piperidine rings is 1. The van der Waals surface area contributed by atoms with Crippen molar-refractivity contribution in [2.45, 2.75) is 58.4 Å². The Morgan fingerprint density at radius 3 is 2.48 bits per heavy atom. The Bertz CT molecular complexity index is 868. The lowest BCUT2D eigenvalue weighted by molar-refractivity contribution is -0.117. The summed E-state index contributed by atoms with van der Waals surface area (Å²) in [5.41, 5.74) is 1.20. The van der Waals surface area contributed by atoms with Crippen LogP contribution in [-0.2, 0) is 26.8 Å². The highest BCUT2D eigenvalue weighted by molar-refractivity contribution is 7.86. The third-order valence-corrected chi connectivity index (χ3v) is 7.41. The predicted octanol–water partition coefficient (Wildman–Crippen LogP) is 1.24. The molecule has 9 heteroatoms. The van der Waals surface area contributed by atoms with Crippen LogP contribution in [-0.4, -0.2) is 66.1 Å². The molecule has 27 heavy (non-hydrogen) atoms. The lowest BCUT2D eigenvalue weighted by Crippen LogP contribution is -2.51. The van der Waals surface area contributed by atoms with Gasteiger partial charge in [0.2, 0.25) is 5.91 Å². The molecule has 0 aliphatic carbocycles. The molecule has 1 fully saturated rings. The molecule has 2 aliphatic heterocycles. The average Bonchev–Trinajstić information content (AvgIpc) is 2.91. The summed E-state index contributed by atoms with van der Waals surface area (Å²) in [6, 6.07) is 0.0191. The molecule has 0 N–H and O–H groups in total. The van der Waals surface area contributed by atoms with Gasteiger partial charge in [-0.3, -0.25) is 9.69 Å². The number of hydrogen-bond donors (Lipinski definition) is 0. The summed E-state index contributed by atoms with van der Waals surface area (Å²) in [5.74, 6) is 1.35. The number of carbonyl (C=O) groups is 1. The van der Waals surface area contributed by atoms with Crippen LogP contribution in [0, 0.1) is 6.92 Å². The number of carbonyl (C=O) groups excluding carboxylic acids is 1. The molecule has 0 radical (unpaired) electrons. The zero-order valence-corrected chi connectivity index (χ0v) is 17.8. The number of rotatable bonds is 4. The van der Waals surface area contributed by atoms with Crippen LogP contribution in [0.25, 0.3) is 0 Å². The second kappa shape index (κ2) is 6.79. The normalized spacial score (nSPS) is 24.1. The molecule has 1 amide bonds. The fraction of sp³-hybridized carbons (Fsp3) is 0.722. The van der Waals surface area contributed by atoms with Crippen LogP contribution in [0.1, 0.15) is 50.7 Å². The topological polar surface area (TPSA) is 86.7 Å². The Kier molecular flexibility index (Phi) is 5.07.